The standard InChI is InChI=1S/C12H20/c1-7-9-11(4)12(5,6)10(3)8-2/h7-9H,1H2,2-6H3/b10-8+,11-9+. The van der Waals surface area contributed by atoms with Gasteiger partial charge in [0.1, 0.15) is 0 Å². The first-order valence-electron chi connectivity index (χ1n) is 4.40. The van der Waals surface area contributed by atoms with Gasteiger partial charge in [0.05, 0.1) is 0 Å². The molecule has 0 amide bonds. The van der Waals surface area contributed by atoms with Crippen molar-refractivity contribution in [2.75, 3.05) is 0 Å². The third-order valence-corrected chi connectivity index (χ3v) is 2.77. The highest BCUT2D eigenvalue weighted by Gasteiger charge is 2.20. The van der Waals surface area contributed by atoms with E-state index in [1.807, 2.05) is 6.08 Å². The smallest absolute Gasteiger partial charge is 0.00614 e. The van der Waals surface area contributed by atoms with Gasteiger partial charge in [0.25, 0.3) is 0 Å². The van der Waals surface area contributed by atoms with Gasteiger partial charge in [0, 0.05) is 5.41 Å². The van der Waals surface area contributed by atoms with E-state index >= 15 is 0 Å². The zero-order valence-electron chi connectivity index (χ0n) is 8.94. The highest BCUT2D eigenvalue weighted by atomic mass is 14.2. The quantitative estimate of drug-likeness (QED) is 0.435. The van der Waals surface area contributed by atoms with Crippen LogP contribution in [0.15, 0.2) is 36.0 Å². The minimum absolute atomic E-state index is 0.170. The molecule has 0 aromatic carbocycles. The Hall–Kier alpha value is -0.780. The molecule has 0 heterocycles. The minimum atomic E-state index is 0.170. The summed E-state index contributed by atoms with van der Waals surface area (Å²) in [6.07, 6.45) is 6.09. The van der Waals surface area contributed by atoms with E-state index in [2.05, 4.69) is 53.3 Å². The normalized spacial score (nSPS) is 14.8. The maximum absolute atomic E-state index is 3.70. The molecule has 0 rings (SSSR count). The van der Waals surface area contributed by atoms with Crippen LogP contribution in [0, 0.1) is 5.41 Å². The Kier molecular flexibility index (Phi) is 4.02. The molecule has 0 bridgehead atoms. The molecule has 12 heavy (non-hydrogen) atoms. The zero-order chi connectivity index (χ0) is 9.78. The van der Waals surface area contributed by atoms with Gasteiger partial charge in [0.15, 0.2) is 0 Å². The molecule has 68 valence electrons. The van der Waals surface area contributed by atoms with Crippen LogP contribution in [0.1, 0.15) is 34.6 Å². The molecule has 0 saturated heterocycles. The van der Waals surface area contributed by atoms with Crippen LogP contribution in [-0.4, -0.2) is 0 Å². The predicted octanol–water partition coefficient (Wildman–Crippen LogP) is 4.11. The van der Waals surface area contributed by atoms with Crippen molar-refractivity contribution < 1.29 is 0 Å². The molecule has 0 N–H and O–H groups in total. The van der Waals surface area contributed by atoms with Crippen LogP contribution < -0.4 is 0 Å². The van der Waals surface area contributed by atoms with Gasteiger partial charge in [-0.1, -0.05) is 49.8 Å². The molecule has 0 saturated carbocycles. The Balaban J connectivity index is 4.84. The average molecular weight is 164 g/mol. The molecule has 0 aromatic heterocycles. The summed E-state index contributed by atoms with van der Waals surface area (Å²) in [5, 5.41) is 0. The Morgan fingerprint density at radius 3 is 2.00 bits per heavy atom. The molecule has 0 heteroatoms. The predicted molar refractivity (Wildman–Crippen MR) is 57.2 cm³/mol. The van der Waals surface area contributed by atoms with Crippen molar-refractivity contribution in [1.82, 2.24) is 0 Å². The van der Waals surface area contributed by atoms with Crippen LogP contribution in [0.2, 0.25) is 0 Å². The van der Waals surface area contributed by atoms with Gasteiger partial charge < -0.3 is 0 Å². The topological polar surface area (TPSA) is 0 Å². The monoisotopic (exact) mass is 164 g/mol. The van der Waals surface area contributed by atoms with E-state index in [0.717, 1.165) is 0 Å². The molecule has 0 nitrogen and oxygen atoms in total. The highest BCUT2D eigenvalue weighted by molar-refractivity contribution is 5.26. The fraction of sp³-hybridized carbons (Fsp3) is 0.500. The molecule has 0 aromatic rings. The van der Waals surface area contributed by atoms with Gasteiger partial charge in [0.2, 0.25) is 0 Å². The van der Waals surface area contributed by atoms with Gasteiger partial charge in [-0.3, -0.25) is 0 Å². The SMILES string of the molecule is C=C/C=C(\C)C(C)(C)/C(C)=C/C. The van der Waals surface area contributed by atoms with E-state index in [4.69, 9.17) is 0 Å². The fourth-order valence-electron chi connectivity index (χ4n) is 1.06. The Labute approximate surface area is 76.7 Å². The summed E-state index contributed by atoms with van der Waals surface area (Å²) in [5.41, 5.74) is 2.93. The molecular weight excluding hydrogens is 144 g/mol. The van der Waals surface area contributed by atoms with Crippen LogP contribution >= 0.6 is 0 Å². The summed E-state index contributed by atoms with van der Waals surface area (Å²) in [5.74, 6) is 0. The van der Waals surface area contributed by atoms with Crippen molar-refractivity contribution in [3.05, 3.63) is 36.0 Å². The van der Waals surface area contributed by atoms with Gasteiger partial charge in [-0.2, -0.15) is 0 Å². The third kappa shape index (κ3) is 2.37. The summed E-state index contributed by atoms with van der Waals surface area (Å²) in [4.78, 5) is 0. The molecule has 0 fully saturated rings. The zero-order valence-corrected chi connectivity index (χ0v) is 8.94. The molecule has 0 aliphatic rings. The largest absolute Gasteiger partial charge is 0.0991 e. The molecular formula is C12H20. The second kappa shape index (κ2) is 4.30. The lowest BCUT2D eigenvalue weighted by Crippen LogP contribution is -2.14. The molecule has 0 radical (unpaired) electrons. The van der Waals surface area contributed by atoms with Gasteiger partial charge in [-0.25, -0.2) is 0 Å². The maximum Gasteiger partial charge on any atom is 0.00614 e. The van der Waals surface area contributed by atoms with Crippen molar-refractivity contribution in [3.63, 3.8) is 0 Å². The van der Waals surface area contributed by atoms with E-state index in [-0.39, 0.29) is 5.41 Å². The maximum atomic E-state index is 3.70. The van der Waals surface area contributed by atoms with Crippen LogP contribution in [0.4, 0.5) is 0 Å². The number of hydrogen-bond acceptors (Lipinski definition) is 0. The molecule has 0 aliphatic carbocycles. The van der Waals surface area contributed by atoms with E-state index in [9.17, 15) is 0 Å². The van der Waals surface area contributed by atoms with Crippen molar-refractivity contribution in [2.24, 2.45) is 5.41 Å². The molecule has 0 spiro atoms. The van der Waals surface area contributed by atoms with E-state index in [1.54, 1.807) is 0 Å². The van der Waals surface area contributed by atoms with Crippen LogP contribution in [0.3, 0.4) is 0 Å². The first-order chi connectivity index (χ1) is 5.46. The Morgan fingerprint density at radius 1 is 1.17 bits per heavy atom. The van der Waals surface area contributed by atoms with E-state index < -0.39 is 0 Å². The summed E-state index contributed by atoms with van der Waals surface area (Å²) in [7, 11) is 0. The second-order valence-electron chi connectivity index (χ2n) is 3.68. The minimum Gasteiger partial charge on any atom is -0.0991 e. The van der Waals surface area contributed by atoms with Gasteiger partial charge >= 0.3 is 0 Å². The van der Waals surface area contributed by atoms with Crippen molar-refractivity contribution >= 4 is 0 Å². The van der Waals surface area contributed by atoms with Crippen molar-refractivity contribution in [2.45, 2.75) is 34.6 Å². The Bertz CT molecular complexity index is 214. The average Bonchev–Trinajstić information content (AvgIpc) is 2.03. The summed E-state index contributed by atoms with van der Waals surface area (Å²) >= 11 is 0. The molecule has 0 unspecified atom stereocenters. The van der Waals surface area contributed by atoms with E-state index in [1.165, 1.54) is 11.1 Å². The fourth-order valence-corrected chi connectivity index (χ4v) is 1.06. The second-order valence-corrected chi connectivity index (χ2v) is 3.68. The van der Waals surface area contributed by atoms with Crippen LogP contribution in [0.25, 0.3) is 0 Å². The van der Waals surface area contributed by atoms with Crippen molar-refractivity contribution in [3.8, 4) is 0 Å². The number of allylic oxidation sites excluding steroid dienone is 5. The summed E-state index contributed by atoms with van der Waals surface area (Å²) in [6, 6.07) is 0. The lowest BCUT2D eigenvalue weighted by molar-refractivity contribution is 0.537. The van der Waals surface area contributed by atoms with Crippen LogP contribution in [0.5, 0.6) is 0 Å². The lowest BCUT2D eigenvalue weighted by atomic mass is 9.78. The first kappa shape index (κ1) is 11.2. The first-order valence-corrected chi connectivity index (χ1v) is 4.40. The highest BCUT2D eigenvalue weighted by Crippen LogP contribution is 2.33. The summed E-state index contributed by atoms with van der Waals surface area (Å²) in [6.45, 7) is 14.6. The Morgan fingerprint density at radius 2 is 1.67 bits per heavy atom. The van der Waals surface area contributed by atoms with Crippen LogP contribution in [-0.2, 0) is 0 Å². The number of hydrogen-bond donors (Lipinski definition) is 0. The van der Waals surface area contributed by atoms with E-state index in [0.29, 0.717) is 0 Å². The van der Waals surface area contributed by atoms with Gasteiger partial charge in [-0.15, -0.1) is 0 Å². The lowest BCUT2D eigenvalue weighted by Gasteiger charge is -2.27. The summed E-state index contributed by atoms with van der Waals surface area (Å²) < 4.78 is 0. The molecule has 0 aliphatic heterocycles. The number of rotatable bonds is 3. The van der Waals surface area contributed by atoms with Crippen molar-refractivity contribution in [1.29, 1.82) is 0 Å². The molecule has 0 atom stereocenters. The third-order valence-electron chi connectivity index (χ3n) is 2.77. The van der Waals surface area contributed by atoms with Gasteiger partial charge in [-0.05, 0) is 20.8 Å².